The molecule has 0 radical (unpaired) electrons. The molecule has 4 aromatic carbocycles. The van der Waals surface area contributed by atoms with Gasteiger partial charge in [0.25, 0.3) is 0 Å². The summed E-state index contributed by atoms with van der Waals surface area (Å²) in [6.07, 6.45) is 21.4. The van der Waals surface area contributed by atoms with Gasteiger partial charge in [0.05, 0.1) is 9.79 Å². The Bertz CT molecular complexity index is 1770. The van der Waals surface area contributed by atoms with Crippen molar-refractivity contribution >= 4 is 79.5 Å². The molecule has 0 unspecified atom stereocenters. The second kappa shape index (κ2) is 24.9. The summed E-state index contributed by atoms with van der Waals surface area (Å²) in [6.45, 7) is 8.67. The molecule has 0 amide bonds. The molecular weight excluding hydrogens is 729 g/mol. The number of fused-ring (bicyclic) bond motifs is 2. The first-order chi connectivity index (χ1) is 24.9. The van der Waals surface area contributed by atoms with Crippen LogP contribution >= 0.6 is 0 Å². The van der Waals surface area contributed by atoms with Gasteiger partial charge in [0.15, 0.2) is 0 Å². The summed E-state index contributed by atoms with van der Waals surface area (Å²) >= 11 is 0. The molecule has 0 N–H and O–H groups in total. The molecule has 9 heteroatoms. The minimum absolute atomic E-state index is 0. The van der Waals surface area contributed by atoms with Crippen molar-refractivity contribution in [2.75, 3.05) is 0 Å². The van der Waals surface area contributed by atoms with E-state index >= 15 is 0 Å². The van der Waals surface area contributed by atoms with Crippen molar-refractivity contribution in [2.45, 2.75) is 166 Å². The van der Waals surface area contributed by atoms with E-state index in [0.29, 0.717) is 24.0 Å². The van der Waals surface area contributed by atoms with E-state index in [-0.39, 0.29) is 47.5 Å². The number of unbranched alkanes of at least 4 members (excludes halogenated alkanes) is 12. The molecule has 0 atom stereocenters. The van der Waals surface area contributed by atoms with E-state index in [1.165, 1.54) is 49.7 Å². The predicted octanol–water partition coefficient (Wildman–Crippen LogP) is 11.6. The Morgan fingerprint density at radius 3 is 1.02 bits per heavy atom. The molecule has 53 heavy (non-hydrogen) atoms. The average Bonchev–Trinajstić information content (AvgIpc) is 3.11. The van der Waals surface area contributed by atoms with Gasteiger partial charge in [0, 0.05) is 0 Å². The molecule has 0 saturated carbocycles. The summed E-state index contributed by atoms with van der Waals surface area (Å²) < 4.78 is 70.6. The number of aryl methyl sites for hydroxylation is 4. The Labute approximate surface area is 351 Å². The summed E-state index contributed by atoms with van der Waals surface area (Å²) in [5, 5.41) is 3.73. The second-order valence-corrected chi connectivity index (χ2v) is 17.1. The molecule has 0 aliphatic heterocycles. The zero-order valence-electron chi connectivity index (χ0n) is 32.9. The van der Waals surface area contributed by atoms with Crippen LogP contribution in [0.3, 0.4) is 0 Å². The maximum atomic E-state index is 11.8. The monoisotopic (exact) mass is 790 g/mol. The van der Waals surface area contributed by atoms with Crippen molar-refractivity contribution in [1.29, 1.82) is 0 Å². The molecule has 288 valence electrons. The number of benzene rings is 4. The van der Waals surface area contributed by atoms with Crippen molar-refractivity contribution < 1.29 is 25.9 Å². The van der Waals surface area contributed by atoms with E-state index in [2.05, 4.69) is 52.0 Å². The fourth-order valence-electron chi connectivity index (χ4n) is 6.91. The first-order valence-corrected chi connectivity index (χ1v) is 22.8. The van der Waals surface area contributed by atoms with E-state index in [9.17, 15) is 25.9 Å². The minimum Gasteiger partial charge on any atom is -0.744 e. The van der Waals surface area contributed by atoms with Crippen molar-refractivity contribution in [3.05, 3.63) is 82.9 Å². The third-order valence-electron chi connectivity index (χ3n) is 9.94. The molecule has 4 aromatic rings. The quantitative estimate of drug-likeness (QED) is 0.0445. The van der Waals surface area contributed by atoms with Gasteiger partial charge in [-0.3, -0.25) is 0 Å². The minimum atomic E-state index is -4.45. The average molecular weight is 791 g/mol. The number of hydrogen-bond acceptors (Lipinski definition) is 6. The van der Waals surface area contributed by atoms with Gasteiger partial charge in [-0.05, 0) is 119 Å². The van der Waals surface area contributed by atoms with E-state index in [1.807, 2.05) is 24.3 Å². The normalized spacial score (nSPS) is 11.7. The first kappa shape index (κ1) is 47.6. The molecule has 0 aliphatic carbocycles. The summed E-state index contributed by atoms with van der Waals surface area (Å²) in [7, 11) is -8.91. The van der Waals surface area contributed by atoms with Gasteiger partial charge >= 0.3 is 37.7 Å². The van der Waals surface area contributed by atoms with Crippen molar-refractivity contribution in [2.24, 2.45) is 0 Å². The maximum Gasteiger partial charge on any atom is 2.00 e. The van der Waals surface area contributed by atoms with Crippen LogP contribution in [0.25, 0.3) is 21.5 Å². The van der Waals surface area contributed by atoms with Crippen LogP contribution in [0, 0.1) is 0 Å². The largest absolute Gasteiger partial charge is 2.00 e. The van der Waals surface area contributed by atoms with Crippen LogP contribution in [0.5, 0.6) is 0 Å². The third-order valence-corrected chi connectivity index (χ3v) is 11.8. The van der Waals surface area contributed by atoms with Gasteiger partial charge in [-0.1, -0.05) is 141 Å². The van der Waals surface area contributed by atoms with Gasteiger partial charge in [-0.25, -0.2) is 16.8 Å². The molecule has 0 bridgehead atoms. The fraction of sp³-hybridized carbons (Fsp3) is 0.545. The van der Waals surface area contributed by atoms with Crippen LogP contribution in [0.4, 0.5) is 0 Å². The van der Waals surface area contributed by atoms with Gasteiger partial charge in [-0.15, -0.1) is 0 Å². The number of hydrogen-bond donors (Lipinski definition) is 0. The molecule has 0 aliphatic rings. The van der Waals surface area contributed by atoms with Crippen LogP contribution < -0.4 is 0 Å². The summed E-state index contributed by atoms with van der Waals surface area (Å²) in [5.41, 5.74) is 3.75. The van der Waals surface area contributed by atoms with Crippen molar-refractivity contribution in [1.82, 2.24) is 0 Å². The standard InChI is InChI=1S/2C22H32O3S.Ca/c2*1-3-5-7-9-11-18-13-14-19-16-20(12-10-8-6-4-2)22(26(23,24)25)17-21(19)15-18;/h2*13-17H,3-12H2,1-2H3,(H,23,24,25);/q;;+2/p-2. The van der Waals surface area contributed by atoms with Gasteiger partial charge in [0.1, 0.15) is 20.2 Å². The zero-order valence-corrected chi connectivity index (χ0v) is 36.7. The van der Waals surface area contributed by atoms with Gasteiger partial charge in [0.2, 0.25) is 0 Å². The summed E-state index contributed by atoms with van der Waals surface area (Å²) in [5.74, 6) is 0. The fourth-order valence-corrected chi connectivity index (χ4v) is 8.42. The molecule has 0 aromatic heterocycles. The van der Waals surface area contributed by atoms with Crippen molar-refractivity contribution in [3.63, 3.8) is 0 Å². The molecule has 0 spiro atoms. The Morgan fingerprint density at radius 2 is 0.717 bits per heavy atom. The van der Waals surface area contributed by atoms with E-state index in [1.54, 1.807) is 12.1 Å². The second-order valence-electron chi connectivity index (χ2n) is 14.4. The Kier molecular flexibility index (Phi) is 22.4. The van der Waals surface area contributed by atoms with Crippen LogP contribution in [-0.2, 0) is 45.9 Å². The smallest absolute Gasteiger partial charge is 0.744 e. The Balaban J connectivity index is 0.000000360. The van der Waals surface area contributed by atoms with Crippen LogP contribution in [0.15, 0.2) is 70.5 Å². The van der Waals surface area contributed by atoms with E-state index < -0.39 is 20.2 Å². The molecule has 4 rings (SSSR count). The van der Waals surface area contributed by atoms with Gasteiger partial charge in [-0.2, -0.15) is 0 Å². The summed E-state index contributed by atoms with van der Waals surface area (Å²) in [4.78, 5) is -0.0748. The van der Waals surface area contributed by atoms with Crippen LogP contribution in [0.2, 0.25) is 0 Å². The number of rotatable bonds is 22. The molecule has 0 fully saturated rings. The Hall–Kier alpha value is -1.52. The molecule has 0 saturated heterocycles. The molecular formula is C44H62CaO6S2. The zero-order chi connectivity index (χ0) is 38.0. The third kappa shape index (κ3) is 16.6. The predicted molar refractivity (Wildman–Crippen MR) is 221 cm³/mol. The van der Waals surface area contributed by atoms with Crippen LogP contribution in [-0.4, -0.2) is 63.7 Å². The topological polar surface area (TPSA) is 114 Å². The van der Waals surface area contributed by atoms with E-state index in [0.717, 1.165) is 98.6 Å². The molecule has 6 nitrogen and oxygen atoms in total. The summed E-state index contributed by atoms with van der Waals surface area (Å²) in [6, 6.07) is 19.4. The first-order valence-electron chi connectivity index (χ1n) is 19.9. The van der Waals surface area contributed by atoms with Gasteiger partial charge < -0.3 is 9.11 Å². The van der Waals surface area contributed by atoms with Crippen molar-refractivity contribution in [3.8, 4) is 0 Å². The Morgan fingerprint density at radius 1 is 0.396 bits per heavy atom. The maximum absolute atomic E-state index is 11.8. The SMILES string of the molecule is CCCCCCc1ccc2cc(CCCCCC)c(S(=O)(=O)[O-])cc2c1.CCCCCCc1ccc2cc(CCCCCC)c(S(=O)(=O)[O-])cc2c1.[Ca+2]. The van der Waals surface area contributed by atoms with Crippen LogP contribution in [0.1, 0.15) is 153 Å². The van der Waals surface area contributed by atoms with E-state index in [4.69, 9.17) is 0 Å². The molecule has 0 heterocycles.